The summed E-state index contributed by atoms with van der Waals surface area (Å²) >= 11 is 7.73. The maximum atomic E-state index is 6.09. The van der Waals surface area contributed by atoms with Gasteiger partial charge in [0.05, 0.1) is 11.2 Å². The van der Waals surface area contributed by atoms with Crippen molar-refractivity contribution in [3.63, 3.8) is 0 Å². The van der Waals surface area contributed by atoms with Crippen LogP contribution in [0.5, 0.6) is 0 Å². The average Bonchev–Trinajstić information content (AvgIpc) is 2.68. The quantitative estimate of drug-likeness (QED) is 0.643. The van der Waals surface area contributed by atoms with Crippen LogP contribution >= 0.6 is 22.9 Å². The Morgan fingerprint density at radius 1 is 1.47 bits per heavy atom. The summed E-state index contributed by atoms with van der Waals surface area (Å²) in [5, 5.41) is 5.36. The molecule has 0 saturated carbocycles. The fourth-order valence-corrected chi connectivity index (χ4v) is 2.72. The number of halogens is 1. The molecule has 0 amide bonds. The van der Waals surface area contributed by atoms with Crippen LogP contribution in [0.2, 0.25) is 5.02 Å². The Kier molecular flexibility index (Phi) is 1.97. The Bertz CT molecular complexity index is 533. The van der Waals surface area contributed by atoms with Crippen LogP contribution in [-0.4, -0.2) is 4.98 Å². The average molecular weight is 237 g/mol. The summed E-state index contributed by atoms with van der Waals surface area (Å²) in [6.45, 7) is 2.04. The molecule has 0 atom stereocenters. The Balaban J connectivity index is 2.17. The third-order valence-electron chi connectivity index (χ3n) is 2.72. The van der Waals surface area contributed by atoms with E-state index in [0.717, 1.165) is 33.4 Å². The fourth-order valence-electron chi connectivity index (χ4n) is 1.85. The molecule has 1 aromatic carbocycles. The normalized spacial score (nSPS) is 12.9. The molecule has 0 aliphatic carbocycles. The minimum atomic E-state index is 0.814. The van der Waals surface area contributed by atoms with Gasteiger partial charge in [-0.05, 0) is 24.1 Å². The SMILES string of the molecule is Cc1c(Cl)ccc2c1Nc1scnc1C2. The molecule has 0 unspecified atom stereocenters. The first kappa shape index (κ1) is 9.19. The molecular formula is C11H9ClN2S. The second-order valence-electron chi connectivity index (χ2n) is 3.64. The molecular weight excluding hydrogens is 228 g/mol. The third kappa shape index (κ3) is 1.34. The van der Waals surface area contributed by atoms with Crippen LogP contribution in [0.4, 0.5) is 10.7 Å². The van der Waals surface area contributed by atoms with Gasteiger partial charge in [0.15, 0.2) is 0 Å². The standard InChI is InChI=1S/C11H9ClN2S/c1-6-8(12)3-2-7-4-9-11(14-10(6)7)15-5-13-9/h2-3,5,14H,4H2,1H3. The number of hydrogen-bond acceptors (Lipinski definition) is 3. The van der Waals surface area contributed by atoms with Crippen molar-refractivity contribution in [3.8, 4) is 0 Å². The number of anilines is 2. The molecule has 0 radical (unpaired) electrons. The van der Waals surface area contributed by atoms with E-state index in [9.17, 15) is 0 Å². The van der Waals surface area contributed by atoms with Gasteiger partial charge in [-0.15, -0.1) is 11.3 Å². The molecule has 2 aromatic rings. The first-order valence-corrected chi connectivity index (χ1v) is 5.99. The van der Waals surface area contributed by atoms with E-state index in [0.29, 0.717) is 0 Å². The number of aromatic nitrogens is 1. The van der Waals surface area contributed by atoms with Crippen LogP contribution in [0.3, 0.4) is 0 Å². The van der Waals surface area contributed by atoms with E-state index in [2.05, 4.69) is 16.4 Å². The number of rotatable bonds is 0. The zero-order chi connectivity index (χ0) is 10.4. The molecule has 4 heteroatoms. The molecule has 15 heavy (non-hydrogen) atoms. The Labute approximate surface area is 96.9 Å². The van der Waals surface area contributed by atoms with Crippen LogP contribution < -0.4 is 5.32 Å². The lowest BCUT2D eigenvalue weighted by Crippen LogP contribution is -2.06. The van der Waals surface area contributed by atoms with E-state index in [1.54, 1.807) is 11.3 Å². The van der Waals surface area contributed by atoms with Crippen molar-refractivity contribution in [3.05, 3.63) is 39.5 Å². The number of benzene rings is 1. The number of fused-ring (bicyclic) bond motifs is 2. The van der Waals surface area contributed by atoms with Gasteiger partial charge in [0.1, 0.15) is 5.00 Å². The molecule has 76 valence electrons. The smallest absolute Gasteiger partial charge is 0.116 e. The second-order valence-corrected chi connectivity index (χ2v) is 4.90. The largest absolute Gasteiger partial charge is 0.345 e. The number of nitrogens with one attached hydrogen (secondary N) is 1. The number of nitrogens with zero attached hydrogens (tertiary/aromatic N) is 1. The van der Waals surface area contributed by atoms with Crippen LogP contribution in [0, 0.1) is 6.92 Å². The topological polar surface area (TPSA) is 24.9 Å². The third-order valence-corrected chi connectivity index (χ3v) is 3.92. The predicted molar refractivity (Wildman–Crippen MR) is 64.4 cm³/mol. The summed E-state index contributed by atoms with van der Waals surface area (Å²) < 4.78 is 0. The summed E-state index contributed by atoms with van der Waals surface area (Å²) in [6, 6.07) is 4.02. The van der Waals surface area contributed by atoms with Crippen molar-refractivity contribution in [2.45, 2.75) is 13.3 Å². The van der Waals surface area contributed by atoms with Gasteiger partial charge in [-0.2, -0.15) is 0 Å². The monoisotopic (exact) mass is 236 g/mol. The molecule has 2 heterocycles. The predicted octanol–water partition coefficient (Wildman–Crippen LogP) is 3.75. The van der Waals surface area contributed by atoms with E-state index in [1.807, 2.05) is 18.5 Å². The zero-order valence-corrected chi connectivity index (χ0v) is 9.75. The van der Waals surface area contributed by atoms with Gasteiger partial charge in [0.2, 0.25) is 0 Å². The summed E-state index contributed by atoms with van der Waals surface area (Å²) in [7, 11) is 0. The zero-order valence-electron chi connectivity index (χ0n) is 8.17. The molecule has 0 fully saturated rings. The maximum absolute atomic E-state index is 6.09. The Morgan fingerprint density at radius 3 is 3.20 bits per heavy atom. The van der Waals surface area contributed by atoms with Gasteiger partial charge in [0.25, 0.3) is 0 Å². The second kappa shape index (κ2) is 3.22. The van der Waals surface area contributed by atoms with Crippen molar-refractivity contribution in [1.29, 1.82) is 0 Å². The van der Waals surface area contributed by atoms with Gasteiger partial charge in [-0.25, -0.2) is 4.98 Å². The minimum absolute atomic E-state index is 0.814. The Morgan fingerprint density at radius 2 is 2.33 bits per heavy atom. The lowest BCUT2D eigenvalue weighted by Gasteiger charge is -2.19. The molecule has 0 spiro atoms. The van der Waals surface area contributed by atoms with Crippen molar-refractivity contribution in [1.82, 2.24) is 4.98 Å². The highest BCUT2D eigenvalue weighted by Gasteiger charge is 2.19. The van der Waals surface area contributed by atoms with Crippen molar-refractivity contribution < 1.29 is 0 Å². The van der Waals surface area contributed by atoms with Gasteiger partial charge >= 0.3 is 0 Å². The van der Waals surface area contributed by atoms with Crippen molar-refractivity contribution in [2.75, 3.05) is 5.32 Å². The van der Waals surface area contributed by atoms with Gasteiger partial charge in [-0.3, -0.25) is 0 Å². The fraction of sp³-hybridized carbons (Fsp3) is 0.182. The number of hydrogen-bond donors (Lipinski definition) is 1. The van der Waals surface area contributed by atoms with Crippen molar-refractivity contribution in [2.24, 2.45) is 0 Å². The highest BCUT2D eigenvalue weighted by Crippen LogP contribution is 2.38. The molecule has 2 nitrogen and oxygen atoms in total. The van der Waals surface area contributed by atoms with Crippen LogP contribution in [-0.2, 0) is 6.42 Å². The molecule has 1 aliphatic heterocycles. The molecule has 0 bridgehead atoms. The minimum Gasteiger partial charge on any atom is -0.345 e. The first-order valence-electron chi connectivity index (χ1n) is 4.73. The molecule has 3 rings (SSSR count). The first-order chi connectivity index (χ1) is 7.25. The Hall–Kier alpha value is -1.06. The van der Waals surface area contributed by atoms with E-state index >= 15 is 0 Å². The van der Waals surface area contributed by atoms with Crippen molar-refractivity contribution >= 4 is 33.6 Å². The summed E-state index contributed by atoms with van der Waals surface area (Å²) in [5.41, 5.74) is 6.55. The van der Waals surface area contributed by atoms with Crippen LogP contribution in [0.1, 0.15) is 16.8 Å². The summed E-state index contributed by atoms with van der Waals surface area (Å²) in [5.74, 6) is 0. The van der Waals surface area contributed by atoms with Gasteiger partial charge in [-0.1, -0.05) is 17.7 Å². The molecule has 1 aliphatic rings. The van der Waals surface area contributed by atoms with E-state index in [4.69, 9.17) is 11.6 Å². The van der Waals surface area contributed by atoms with Crippen LogP contribution in [0.25, 0.3) is 0 Å². The van der Waals surface area contributed by atoms with E-state index in [-0.39, 0.29) is 0 Å². The molecule has 1 N–H and O–H groups in total. The lowest BCUT2D eigenvalue weighted by atomic mass is 10.0. The highest BCUT2D eigenvalue weighted by atomic mass is 35.5. The summed E-state index contributed by atoms with van der Waals surface area (Å²) in [6.07, 6.45) is 0.902. The maximum Gasteiger partial charge on any atom is 0.116 e. The molecule has 1 aromatic heterocycles. The van der Waals surface area contributed by atoms with Gasteiger partial charge in [0, 0.05) is 17.1 Å². The van der Waals surface area contributed by atoms with Gasteiger partial charge < -0.3 is 5.32 Å². The van der Waals surface area contributed by atoms with E-state index in [1.165, 1.54) is 5.56 Å². The summed E-state index contributed by atoms with van der Waals surface area (Å²) in [4.78, 5) is 4.33. The number of thiazole rings is 1. The molecule has 0 saturated heterocycles. The lowest BCUT2D eigenvalue weighted by molar-refractivity contribution is 1.08. The van der Waals surface area contributed by atoms with E-state index < -0.39 is 0 Å². The van der Waals surface area contributed by atoms with Crippen LogP contribution in [0.15, 0.2) is 17.6 Å². The highest BCUT2D eigenvalue weighted by molar-refractivity contribution is 7.14.